The summed E-state index contributed by atoms with van der Waals surface area (Å²) in [6, 6.07) is -2.49. The first kappa shape index (κ1) is 25.2. The first-order valence-corrected chi connectivity index (χ1v) is 8.57. The number of nitrogens with zero attached hydrogens (tertiary/aromatic N) is 2. The minimum absolute atomic E-state index is 0.0485. The van der Waals surface area contributed by atoms with Gasteiger partial charge in [0.15, 0.2) is 0 Å². The highest BCUT2D eigenvalue weighted by Gasteiger charge is 2.21. The number of carboxylic acids is 1. The molecule has 0 radical (unpaired) electrons. The second-order valence-electron chi connectivity index (χ2n) is 5.91. The highest BCUT2D eigenvalue weighted by Crippen LogP contribution is 2.12. The van der Waals surface area contributed by atoms with Crippen molar-refractivity contribution < 1.29 is 29.0 Å². The Morgan fingerprint density at radius 1 is 1.25 bits per heavy atom. The summed E-state index contributed by atoms with van der Waals surface area (Å²) in [5.74, 6) is -1.32. The van der Waals surface area contributed by atoms with E-state index in [9.17, 15) is 19.5 Å². The maximum absolute atomic E-state index is 11.7. The summed E-state index contributed by atoms with van der Waals surface area (Å²) in [5, 5.41) is 30.5. The van der Waals surface area contributed by atoms with Crippen molar-refractivity contribution in [1.82, 2.24) is 20.8 Å². The van der Waals surface area contributed by atoms with Crippen LogP contribution in [0.25, 0.3) is 0 Å². The maximum Gasteiger partial charge on any atom is 0.326 e. The van der Waals surface area contributed by atoms with Gasteiger partial charge in [-0.15, -0.1) is 10.2 Å². The zero-order chi connectivity index (χ0) is 21.7. The monoisotopic (exact) mass is 403 g/mol. The molecule has 28 heavy (non-hydrogen) atoms. The predicted molar refractivity (Wildman–Crippen MR) is 97.5 cm³/mol. The number of hydrogen-bond donors (Lipinski definition) is 7. The number of aliphatic hydroxyl groups is 1. The molecule has 3 unspecified atom stereocenters. The van der Waals surface area contributed by atoms with Gasteiger partial charge in [-0.1, -0.05) is 0 Å². The number of urea groups is 1. The Morgan fingerprint density at radius 3 is 2.36 bits per heavy atom. The van der Waals surface area contributed by atoms with Crippen LogP contribution in [-0.4, -0.2) is 57.0 Å². The van der Waals surface area contributed by atoms with Crippen molar-refractivity contribution in [1.29, 1.82) is 0 Å². The van der Waals surface area contributed by atoms with Crippen LogP contribution in [0, 0.1) is 0 Å². The van der Waals surface area contributed by atoms with E-state index in [2.05, 4.69) is 26.6 Å². The van der Waals surface area contributed by atoms with Gasteiger partial charge in [0, 0.05) is 6.92 Å². The van der Waals surface area contributed by atoms with Gasteiger partial charge in [-0.25, -0.2) is 9.59 Å². The number of primary amides is 1. The van der Waals surface area contributed by atoms with Crippen molar-refractivity contribution in [2.45, 2.75) is 57.8 Å². The number of carbonyl (C=O) groups excluding carboxylic acids is 2. The van der Waals surface area contributed by atoms with E-state index >= 15 is 0 Å². The summed E-state index contributed by atoms with van der Waals surface area (Å²) in [7, 11) is 0. The van der Waals surface area contributed by atoms with Crippen LogP contribution >= 0.6 is 0 Å². The molecule has 0 aliphatic carbocycles. The normalized spacial score (nSPS) is 13.5. The minimum atomic E-state index is -1.12. The van der Waals surface area contributed by atoms with Gasteiger partial charge in [-0.05, 0) is 32.7 Å². The quantitative estimate of drug-likeness (QED) is 0.219. The molecule has 0 aromatic carbocycles. The molecule has 160 valence electrons. The lowest BCUT2D eigenvalue weighted by Gasteiger charge is -2.14. The average Bonchev–Trinajstić information content (AvgIpc) is 3.06. The van der Waals surface area contributed by atoms with Crippen LogP contribution in [0.2, 0.25) is 0 Å². The molecule has 0 saturated carbocycles. The highest BCUT2D eigenvalue weighted by atomic mass is 16.4. The van der Waals surface area contributed by atoms with Crippen LogP contribution in [0.15, 0.2) is 4.42 Å². The van der Waals surface area contributed by atoms with E-state index < -0.39 is 30.2 Å². The number of hydrogen-bond acceptors (Lipinski definition) is 9. The van der Waals surface area contributed by atoms with Gasteiger partial charge in [0.1, 0.15) is 12.1 Å². The van der Waals surface area contributed by atoms with Crippen molar-refractivity contribution >= 4 is 17.9 Å². The van der Waals surface area contributed by atoms with Crippen LogP contribution in [-0.2, 0) is 16.1 Å². The number of aliphatic carboxylic acids is 1. The molecule has 1 aromatic rings. The summed E-state index contributed by atoms with van der Waals surface area (Å²) in [6.07, 6.45) is 0.701. The molecule has 0 fully saturated rings. The van der Waals surface area contributed by atoms with Crippen LogP contribution in [0.4, 0.5) is 4.79 Å². The van der Waals surface area contributed by atoms with E-state index in [0.717, 1.165) is 0 Å². The fourth-order valence-electron chi connectivity index (χ4n) is 1.79. The molecule has 10 N–H and O–H groups in total. The molecule has 1 heterocycles. The van der Waals surface area contributed by atoms with Gasteiger partial charge >= 0.3 is 12.0 Å². The Bertz CT molecular complexity index is 618. The van der Waals surface area contributed by atoms with Gasteiger partial charge in [-0.2, -0.15) is 0 Å². The molecule has 0 aliphatic rings. The van der Waals surface area contributed by atoms with Gasteiger partial charge in [-0.3, -0.25) is 4.79 Å². The molecule has 0 aliphatic heterocycles. The van der Waals surface area contributed by atoms with Crippen LogP contribution < -0.4 is 27.8 Å². The van der Waals surface area contributed by atoms with E-state index in [-0.39, 0.29) is 30.7 Å². The van der Waals surface area contributed by atoms with Gasteiger partial charge in [0.2, 0.25) is 17.7 Å². The van der Waals surface area contributed by atoms with Crippen molar-refractivity contribution in [3.05, 3.63) is 11.8 Å². The number of amides is 3. The van der Waals surface area contributed by atoms with Crippen molar-refractivity contribution in [3.63, 3.8) is 0 Å². The predicted octanol–water partition coefficient (Wildman–Crippen LogP) is -1.68. The van der Waals surface area contributed by atoms with Crippen molar-refractivity contribution in [3.8, 4) is 0 Å². The van der Waals surface area contributed by atoms with Gasteiger partial charge < -0.3 is 42.5 Å². The largest absolute Gasteiger partial charge is 0.480 e. The third-order valence-electron chi connectivity index (χ3n) is 3.24. The molecule has 1 aromatic heterocycles. The average molecular weight is 403 g/mol. The lowest BCUT2D eigenvalue weighted by Crippen LogP contribution is -2.45. The number of nitrogens with two attached hydrogens (primary N) is 3. The maximum atomic E-state index is 11.7. The Hall–Kier alpha value is -2.77. The summed E-state index contributed by atoms with van der Waals surface area (Å²) in [6.45, 7) is 3.16. The third kappa shape index (κ3) is 11.1. The smallest absolute Gasteiger partial charge is 0.326 e. The lowest BCUT2D eigenvalue weighted by molar-refractivity contribution is -0.139. The summed E-state index contributed by atoms with van der Waals surface area (Å²) < 4.78 is 5.21. The Kier molecular flexibility index (Phi) is 12.1. The van der Waals surface area contributed by atoms with Crippen LogP contribution in [0.3, 0.4) is 0 Å². The number of unbranched alkanes of at least 4 members (excludes halogenated alkanes) is 1. The Balaban J connectivity index is 0.00000165. The fourth-order valence-corrected chi connectivity index (χ4v) is 1.79. The molecule has 1 rings (SSSR count). The Morgan fingerprint density at radius 2 is 1.86 bits per heavy atom. The molecule has 0 saturated heterocycles. The van der Waals surface area contributed by atoms with Gasteiger partial charge in [0.25, 0.3) is 0 Å². The van der Waals surface area contributed by atoms with E-state index in [1.54, 1.807) is 0 Å². The molecule has 3 atom stereocenters. The second-order valence-corrected chi connectivity index (χ2v) is 5.91. The molecule has 0 bridgehead atoms. The Labute approximate surface area is 162 Å². The molecular formula is C15H29N7O6. The molecule has 13 heteroatoms. The second kappa shape index (κ2) is 13.4. The van der Waals surface area contributed by atoms with E-state index in [4.69, 9.17) is 21.0 Å². The van der Waals surface area contributed by atoms with Gasteiger partial charge in [0.05, 0.1) is 12.6 Å². The van der Waals surface area contributed by atoms with E-state index in [0.29, 0.717) is 19.4 Å². The number of aromatic nitrogens is 2. The summed E-state index contributed by atoms with van der Waals surface area (Å²) in [4.78, 5) is 32.1. The zero-order valence-corrected chi connectivity index (χ0v) is 15.9. The fraction of sp³-hybridized carbons (Fsp3) is 0.667. The van der Waals surface area contributed by atoms with E-state index in [1.807, 2.05) is 0 Å². The number of aliphatic hydroxyl groups excluding tert-OH is 1. The number of nitrogens with one attached hydrogen (secondary N) is 2. The zero-order valence-electron chi connectivity index (χ0n) is 15.9. The molecule has 3 amide bonds. The number of carboxylic acid groups (broad SMARTS) is 1. The first-order chi connectivity index (χ1) is 13.1. The van der Waals surface area contributed by atoms with E-state index in [1.165, 1.54) is 13.8 Å². The summed E-state index contributed by atoms with van der Waals surface area (Å²) >= 11 is 0. The van der Waals surface area contributed by atoms with Crippen molar-refractivity contribution in [2.75, 3.05) is 6.54 Å². The van der Waals surface area contributed by atoms with Crippen molar-refractivity contribution in [2.24, 2.45) is 17.2 Å². The number of rotatable bonds is 10. The molecule has 13 nitrogen and oxygen atoms in total. The van der Waals surface area contributed by atoms with Crippen LogP contribution in [0.1, 0.15) is 50.9 Å². The number of carbonyl (C=O) groups is 3. The third-order valence-corrected chi connectivity index (χ3v) is 3.24. The topological polar surface area (TPSA) is 233 Å². The minimum Gasteiger partial charge on any atom is -0.480 e. The highest BCUT2D eigenvalue weighted by molar-refractivity contribution is 5.82. The standard InChI is InChI=1S/C13H24N6O5.C2H5NO/c1-7(20)10(15)11-19-18-9(24-11)6-16-13(23)17-8(12(21)22)4-2-3-5-14;1-2(3)4/h7-8,10,20H,2-6,14-15H2,1H3,(H,21,22)(H2,16,17,23);1H3,(H2,3,4). The SMILES string of the molecule is CC(N)=O.CC(O)C(N)c1nnc(CNC(=O)NC(CCCCN)C(=O)O)o1. The lowest BCUT2D eigenvalue weighted by atomic mass is 10.1. The summed E-state index contributed by atoms with van der Waals surface area (Å²) in [5.41, 5.74) is 15.5. The molecular weight excluding hydrogens is 374 g/mol. The first-order valence-electron chi connectivity index (χ1n) is 8.57. The van der Waals surface area contributed by atoms with Crippen LogP contribution in [0.5, 0.6) is 0 Å². The molecule has 0 spiro atoms.